The first-order valence-electron chi connectivity index (χ1n) is 4.53. The molecule has 0 radical (unpaired) electrons. The highest BCUT2D eigenvalue weighted by atomic mass is 32.2. The Labute approximate surface area is 116 Å². The molecule has 0 bridgehead atoms. The van der Waals surface area contributed by atoms with Crippen LogP contribution in [0.25, 0.3) is 0 Å². The Hall–Kier alpha value is -0.690. The van der Waals surface area contributed by atoms with Gasteiger partial charge in [-0.25, -0.2) is 13.5 Å². The van der Waals surface area contributed by atoms with Gasteiger partial charge < -0.3 is 9.05 Å². The summed E-state index contributed by atoms with van der Waals surface area (Å²) in [7, 11) is -3.12. The van der Waals surface area contributed by atoms with Crippen LogP contribution < -0.4 is 4.72 Å². The van der Waals surface area contributed by atoms with E-state index in [4.69, 9.17) is 0 Å². The fourth-order valence-electron chi connectivity index (χ4n) is 0.774. The number of carbonyl (C=O) groups excluding carboxylic acids is 1. The van der Waals surface area contributed by atoms with Gasteiger partial charge in [-0.15, -0.1) is 0 Å². The zero-order valence-electron chi connectivity index (χ0n) is 10.2. The standard InChI is InChI=1S/C6H8F6NO6PS/c1-17-20(15,18-2)4(14)13-21(16)19-3(5(7,8)9)6(10,11)12/h3H,1-2H3,(H,13,14). The average molecular weight is 367 g/mol. The number of amides is 1. The SMILES string of the molecule is COP(=O)(OC)C(=O)NS(=O)OC(C(F)(F)F)C(F)(F)F. The first-order valence-corrected chi connectivity index (χ1v) is 7.14. The molecule has 21 heavy (non-hydrogen) atoms. The van der Waals surface area contributed by atoms with Gasteiger partial charge in [0.05, 0.1) is 0 Å². The summed E-state index contributed by atoms with van der Waals surface area (Å²) in [5.74, 6) is 0. The van der Waals surface area contributed by atoms with Gasteiger partial charge in [-0.1, -0.05) is 0 Å². The van der Waals surface area contributed by atoms with E-state index in [0.717, 1.165) is 4.72 Å². The topological polar surface area (TPSA) is 90.9 Å². The number of rotatable bonds is 6. The Morgan fingerprint density at radius 1 is 1.10 bits per heavy atom. The minimum Gasteiger partial charge on any atom is -0.305 e. The molecule has 0 saturated carbocycles. The van der Waals surface area contributed by atoms with Gasteiger partial charge >= 0.3 is 25.6 Å². The molecule has 0 heterocycles. The van der Waals surface area contributed by atoms with E-state index in [2.05, 4.69) is 13.2 Å². The van der Waals surface area contributed by atoms with Crippen LogP contribution in [0.15, 0.2) is 0 Å². The van der Waals surface area contributed by atoms with E-state index in [-0.39, 0.29) is 0 Å². The Morgan fingerprint density at radius 3 is 1.76 bits per heavy atom. The van der Waals surface area contributed by atoms with Crippen LogP contribution in [-0.4, -0.2) is 42.5 Å². The van der Waals surface area contributed by atoms with Crippen LogP contribution in [0.1, 0.15) is 0 Å². The highest BCUT2D eigenvalue weighted by Crippen LogP contribution is 2.47. The second-order valence-electron chi connectivity index (χ2n) is 3.06. The molecule has 0 fully saturated rings. The number of hydrogen-bond donors (Lipinski definition) is 1. The van der Waals surface area contributed by atoms with Gasteiger partial charge in [-0.05, 0) is 0 Å². The van der Waals surface area contributed by atoms with Crippen molar-refractivity contribution < 1.29 is 53.1 Å². The van der Waals surface area contributed by atoms with Gasteiger partial charge in [0.15, 0.2) is 0 Å². The molecule has 0 rings (SSSR count). The third kappa shape index (κ3) is 5.90. The van der Waals surface area contributed by atoms with E-state index >= 15 is 0 Å². The summed E-state index contributed by atoms with van der Waals surface area (Å²) >= 11 is -3.59. The van der Waals surface area contributed by atoms with Gasteiger partial charge in [0.25, 0.3) is 17.4 Å². The van der Waals surface area contributed by atoms with Crippen molar-refractivity contribution in [3.63, 3.8) is 0 Å². The van der Waals surface area contributed by atoms with E-state index in [1.807, 2.05) is 0 Å². The summed E-state index contributed by atoms with van der Waals surface area (Å²) in [6, 6.07) is 0. The molecule has 0 aliphatic rings. The zero-order chi connectivity index (χ0) is 17.1. The van der Waals surface area contributed by atoms with Crippen molar-refractivity contribution in [1.82, 2.24) is 4.72 Å². The number of hydrogen-bond acceptors (Lipinski definition) is 6. The van der Waals surface area contributed by atoms with E-state index < -0.39 is 43.0 Å². The summed E-state index contributed by atoms with van der Waals surface area (Å²) in [5, 5.41) is 0. The van der Waals surface area contributed by atoms with Crippen LogP contribution >= 0.6 is 7.60 Å². The molecule has 126 valence electrons. The van der Waals surface area contributed by atoms with Crippen molar-refractivity contribution in [3.8, 4) is 0 Å². The predicted molar refractivity (Wildman–Crippen MR) is 55.3 cm³/mol. The van der Waals surface area contributed by atoms with Crippen molar-refractivity contribution in [1.29, 1.82) is 0 Å². The lowest BCUT2D eigenvalue weighted by Gasteiger charge is -2.22. The molecule has 1 unspecified atom stereocenters. The van der Waals surface area contributed by atoms with Crippen molar-refractivity contribution in [3.05, 3.63) is 0 Å². The van der Waals surface area contributed by atoms with E-state index in [1.165, 1.54) is 0 Å². The molecule has 7 nitrogen and oxygen atoms in total. The Bertz CT molecular complexity index is 430. The molecule has 0 aromatic carbocycles. The minimum atomic E-state index is -5.93. The Kier molecular flexibility index (Phi) is 6.82. The van der Waals surface area contributed by atoms with Crippen LogP contribution in [0.5, 0.6) is 0 Å². The summed E-state index contributed by atoms with van der Waals surface area (Å²) in [6.07, 6.45) is -16.3. The van der Waals surface area contributed by atoms with Gasteiger partial charge in [-0.2, -0.15) is 26.3 Å². The molecular formula is C6H8F6NO6PS. The molecule has 0 aliphatic heterocycles. The van der Waals surface area contributed by atoms with Crippen LogP contribution in [0.2, 0.25) is 0 Å². The third-order valence-electron chi connectivity index (χ3n) is 1.68. The van der Waals surface area contributed by atoms with E-state index in [0.29, 0.717) is 14.2 Å². The summed E-state index contributed by atoms with van der Waals surface area (Å²) < 4.78 is 107. The molecular weight excluding hydrogens is 359 g/mol. The molecule has 0 aliphatic carbocycles. The minimum absolute atomic E-state index is 0.710. The maximum Gasteiger partial charge on any atom is 0.425 e. The number of halogens is 6. The second-order valence-corrected chi connectivity index (χ2v) is 6.06. The summed E-state index contributed by atoms with van der Waals surface area (Å²) in [6.45, 7) is 0. The smallest absolute Gasteiger partial charge is 0.305 e. The average Bonchev–Trinajstić information content (AvgIpc) is 2.32. The lowest BCUT2D eigenvalue weighted by Crippen LogP contribution is -2.46. The first-order chi connectivity index (χ1) is 9.28. The molecule has 0 spiro atoms. The Morgan fingerprint density at radius 2 is 1.48 bits per heavy atom. The summed E-state index contributed by atoms with van der Waals surface area (Å²) in [4.78, 5) is 11.2. The first kappa shape index (κ1) is 20.3. The van der Waals surface area contributed by atoms with Gasteiger partial charge in [0.1, 0.15) is 0 Å². The maximum atomic E-state index is 12.1. The molecule has 0 aromatic rings. The number of alkyl halides is 6. The quantitative estimate of drug-likeness (QED) is 0.572. The van der Waals surface area contributed by atoms with Crippen molar-refractivity contribution in [2.24, 2.45) is 0 Å². The lowest BCUT2D eigenvalue weighted by molar-refractivity contribution is -0.298. The van der Waals surface area contributed by atoms with E-state index in [9.17, 15) is 39.9 Å². The molecule has 1 amide bonds. The second kappa shape index (κ2) is 7.05. The van der Waals surface area contributed by atoms with Crippen LogP contribution in [-0.2, 0) is 29.1 Å². The van der Waals surface area contributed by atoms with Crippen LogP contribution in [0, 0.1) is 0 Å². The highest BCUT2D eigenvalue weighted by molar-refractivity contribution is 7.82. The van der Waals surface area contributed by atoms with Crippen LogP contribution in [0.4, 0.5) is 31.1 Å². The zero-order valence-corrected chi connectivity index (χ0v) is 11.9. The predicted octanol–water partition coefficient (Wildman–Crippen LogP) is 2.27. The lowest BCUT2D eigenvalue weighted by atomic mass is 10.3. The fourth-order valence-corrected chi connectivity index (χ4v) is 2.51. The largest absolute Gasteiger partial charge is 0.425 e. The van der Waals surface area contributed by atoms with Crippen LogP contribution in [0.3, 0.4) is 0 Å². The normalized spacial score (nSPS) is 15.1. The van der Waals surface area contributed by atoms with Gasteiger partial charge in [0, 0.05) is 14.2 Å². The van der Waals surface area contributed by atoms with E-state index in [1.54, 1.807) is 0 Å². The molecule has 1 atom stereocenters. The van der Waals surface area contributed by atoms with Gasteiger partial charge in [-0.3, -0.25) is 8.98 Å². The summed E-state index contributed by atoms with van der Waals surface area (Å²) in [5.41, 5.74) is -1.84. The number of carbonyl (C=O) groups is 1. The monoisotopic (exact) mass is 367 g/mol. The maximum absolute atomic E-state index is 12.1. The fraction of sp³-hybridized carbons (Fsp3) is 0.833. The Balaban J connectivity index is 4.98. The van der Waals surface area contributed by atoms with Gasteiger partial charge in [0.2, 0.25) is 0 Å². The van der Waals surface area contributed by atoms with Crippen molar-refractivity contribution in [2.45, 2.75) is 18.5 Å². The third-order valence-corrected chi connectivity index (χ3v) is 4.12. The highest BCUT2D eigenvalue weighted by Gasteiger charge is 2.59. The van der Waals surface area contributed by atoms with Crippen molar-refractivity contribution >= 4 is 24.5 Å². The molecule has 15 heteroatoms. The number of nitrogens with one attached hydrogen (secondary N) is 1. The molecule has 0 aromatic heterocycles. The van der Waals surface area contributed by atoms with Crippen molar-refractivity contribution in [2.75, 3.05) is 14.2 Å². The molecule has 0 saturated heterocycles. The molecule has 1 N–H and O–H groups in total.